The van der Waals surface area contributed by atoms with E-state index >= 15 is 0 Å². The van der Waals surface area contributed by atoms with Gasteiger partial charge in [-0.1, -0.05) is 35.4 Å². The molecule has 27 heavy (non-hydrogen) atoms. The van der Waals surface area contributed by atoms with Crippen LogP contribution >= 0.6 is 11.6 Å². The summed E-state index contributed by atoms with van der Waals surface area (Å²) in [7, 11) is 3.58. The van der Waals surface area contributed by atoms with Crippen LogP contribution < -0.4 is 0 Å². The van der Waals surface area contributed by atoms with Gasteiger partial charge in [0.1, 0.15) is 0 Å². The van der Waals surface area contributed by atoms with Crippen LogP contribution in [0.4, 0.5) is 0 Å². The fraction of sp³-hybridized carbons (Fsp3) is 0.591. The fourth-order valence-electron chi connectivity index (χ4n) is 4.73. The fourth-order valence-corrected chi connectivity index (χ4v) is 4.93. The largest absolute Gasteiger partial charge is 0.393 e. The first-order valence-corrected chi connectivity index (χ1v) is 10.3. The van der Waals surface area contributed by atoms with E-state index in [9.17, 15) is 15.0 Å². The second-order valence-corrected chi connectivity index (χ2v) is 8.67. The smallest absolute Gasteiger partial charge is 0.222 e. The van der Waals surface area contributed by atoms with E-state index < -0.39 is 12.2 Å². The number of carbonyl (C=O) groups is 1. The molecule has 1 aromatic carbocycles. The van der Waals surface area contributed by atoms with Crippen LogP contribution in [0.5, 0.6) is 0 Å². The van der Waals surface area contributed by atoms with E-state index in [-0.39, 0.29) is 17.7 Å². The van der Waals surface area contributed by atoms with Gasteiger partial charge in [-0.3, -0.25) is 4.79 Å². The summed E-state index contributed by atoms with van der Waals surface area (Å²) < 4.78 is 0. The Labute approximate surface area is 166 Å². The molecule has 1 amide bonds. The molecule has 148 valence electrons. The highest BCUT2D eigenvalue weighted by molar-refractivity contribution is 6.30. The highest BCUT2D eigenvalue weighted by atomic mass is 35.5. The first-order valence-electron chi connectivity index (χ1n) is 9.88. The molecule has 0 aromatic heterocycles. The van der Waals surface area contributed by atoms with Gasteiger partial charge in [-0.15, -0.1) is 0 Å². The molecule has 0 radical (unpaired) electrons. The Hall–Kier alpha value is -1.36. The second kappa shape index (κ2) is 8.76. The number of benzene rings is 1. The van der Waals surface area contributed by atoms with E-state index in [0.717, 1.165) is 37.7 Å². The van der Waals surface area contributed by atoms with Gasteiger partial charge in [0.05, 0.1) is 12.2 Å². The standard InChI is InChI=1S/C22H30ClNO3/c1-24(2)20(26)9-4-3-6-14-10-16-13-19(25)21(18(16)11-14)22(27)15-7-5-8-17(23)12-15/h5,7-8,10,12,16,18-19,21-22,25,27H,3-4,6,9,11,13H2,1-2H3/t16-,18-,19+,21+,22-/m0/s1. The normalized spacial score (nSPS) is 28.0. The maximum Gasteiger partial charge on any atom is 0.222 e. The van der Waals surface area contributed by atoms with Gasteiger partial charge in [-0.25, -0.2) is 0 Å². The Morgan fingerprint density at radius 2 is 2.11 bits per heavy atom. The lowest BCUT2D eigenvalue weighted by molar-refractivity contribution is -0.128. The number of hydrogen-bond donors (Lipinski definition) is 2. The number of hydrogen-bond acceptors (Lipinski definition) is 3. The van der Waals surface area contributed by atoms with Crippen molar-refractivity contribution in [1.29, 1.82) is 0 Å². The molecule has 4 nitrogen and oxygen atoms in total. The van der Waals surface area contributed by atoms with Crippen molar-refractivity contribution in [3.05, 3.63) is 46.5 Å². The minimum Gasteiger partial charge on any atom is -0.393 e. The summed E-state index contributed by atoms with van der Waals surface area (Å²) in [5.41, 5.74) is 2.19. The summed E-state index contributed by atoms with van der Waals surface area (Å²) in [6.07, 6.45) is 6.30. The highest BCUT2D eigenvalue weighted by Gasteiger charge is 2.47. The lowest BCUT2D eigenvalue weighted by Crippen LogP contribution is -2.26. The summed E-state index contributed by atoms with van der Waals surface area (Å²) in [5, 5.41) is 22.0. The van der Waals surface area contributed by atoms with E-state index in [1.54, 1.807) is 31.1 Å². The first-order chi connectivity index (χ1) is 12.9. The van der Waals surface area contributed by atoms with Crippen LogP contribution in [-0.2, 0) is 4.79 Å². The van der Waals surface area contributed by atoms with Crippen LogP contribution in [0.1, 0.15) is 50.2 Å². The number of fused-ring (bicyclic) bond motifs is 1. The molecule has 0 bridgehead atoms. The molecule has 0 aliphatic heterocycles. The van der Waals surface area contributed by atoms with Crippen molar-refractivity contribution in [3.63, 3.8) is 0 Å². The van der Waals surface area contributed by atoms with Gasteiger partial charge in [-0.2, -0.15) is 0 Å². The maximum atomic E-state index is 11.7. The number of aliphatic hydroxyl groups is 2. The molecule has 3 rings (SSSR count). The van der Waals surface area contributed by atoms with Crippen LogP contribution in [0.15, 0.2) is 35.9 Å². The predicted molar refractivity (Wildman–Crippen MR) is 107 cm³/mol. The number of amides is 1. The Morgan fingerprint density at radius 1 is 1.33 bits per heavy atom. The summed E-state index contributed by atoms with van der Waals surface area (Å²) in [6, 6.07) is 7.30. The molecule has 0 heterocycles. The van der Waals surface area contributed by atoms with Crippen molar-refractivity contribution in [1.82, 2.24) is 4.90 Å². The topological polar surface area (TPSA) is 60.8 Å². The lowest BCUT2D eigenvalue weighted by atomic mass is 9.82. The summed E-state index contributed by atoms with van der Waals surface area (Å²) in [5.74, 6) is 0.655. The lowest BCUT2D eigenvalue weighted by Gasteiger charge is -2.27. The SMILES string of the molecule is CN(C)C(=O)CCCCC1=C[C@H]2C[C@@H](O)[C@H]([C@@H](O)c3cccc(Cl)c3)[C@H]2C1. The average molecular weight is 392 g/mol. The molecule has 2 N–H and O–H groups in total. The van der Waals surface area contributed by atoms with Gasteiger partial charge in [-0.05, 0) is 61.6 Å². The summed E-state index contributed by atoms with van der Waals surface area (Å²) >= 11 is 6.07. The van der Waals surface area contributed by atoms with Gasteiger partial charge in [0, 0.05) is 31.5 Å². The number of allylic oxidation sites excluding steroid dienone is 2. The number of unbranched alkanes of at least 4 members (excludes halogenated alkanes) is 1. The van der Waals surface area contributed by atoms with Gasteiger partial charge in [0.15, 0.2) is 0 Å². The predicted octanol–water partition coefficient (Wildman–Crippen LogP) is 3.97. The summed E-state index contributed by atoms with van der Waals surface area (Å²) in [6.45, 7) is 0. The molecule has 0 spiro atoms. The van der Waals surface area contributed by atoms with Crippen LogP contribution in [0.3, 0.4) is 0 Å². The molecular weight excluding hydrogens is 362 g/mol. The van der Waals surface area contributed by atoms with Gasteiger partial charge in [0.25, 0.3) is 0 Å². The Morgan fingerprint density at radius 3 is 2.81 bits per heavy atom. The third-order valence-electron chi connectivity index (χ3n) is 6.14. The number of aliphatic hydroxyl groups excluding tert-OH is 2. The average Bonchev–Trinajstić information content (AvgIpc) is 3.13. The highest BCUT2D eigenvalue weighted by Crippen LogP contribution is 2.51. The number of carbonyl (C=O) groups excluding carboxylic acids is 1. The van der Waals surface area contributed by atoms with Crippen molar-refractivity contribution in [2.45, 2.75) is 50.7 Å². The van der Waals surface area contributed by atoms with Gasteiger partial charge < -0.3 is 15.1 Å². The van der Waals surface area contributed by atoms with Crippen molar-refractivity contribution in [2.75, 3.05) is 14.1 Å². The molecule has 2 aliphatic rings. The molecular formula is C22H30ClNO3. The number of nitrogens with zero attached hydrogens (tertiary/aromatic N) is 1. The van der Waals surface area contributed by atoms with E-state index in [0.29, 0.717) is 17.4 Å². The molecule has 5 heteroatoms. The number of rotatable bonds is 7. The Balaban J connectivity index is 1.56. The van der Waals surface area contributed by atoms with Gasteiger partial charge >= 0.3 is 0 Å². The van der Waals surface area contributed by atoms with E-state index in [2.05, 4.69) is 6.08 Å². The molecule has 1 fully saturated rings. The molecule has 1 aromatic rings. The van der Waals surface area contributed by atoms with E-state index in [1.165, 1.54) is 5.57 Å². The summed E-state index contributed by atoms with van der Waals surface area (Å²) in [4.78, 5) is 13.3. The van der Waals surface area contributed by atoms with Gasteiger partial charge in [0.2, 0.25) is 5.91 Å². The maximum absolute atomic E-state index is 11.7. The van der Waals surface area contributed by atoms with Crippen LogP contribution in [0, 0.1) is 17.8 Å². The minimum absolute atomic E-state index is 0.155. The van der Waals surface area contributed by atoms with Crippen LogP contribution in [0.2, 0.25) is 5.02 Å². The minimum atomic E-state index is -0.695. The molecule has 0 saturated heterocycles. The molecule has 5 atom stereocenters. The monoisotopic (exact) mass is 391 g/mol. The zero-order valence-electron chi connectivity index (χ0n) is 16.1. The second-order valence-electron chi connectivity index (χ2n) is 8.23. The quantitative estimate of drug-likeness (QED) is 0.546. The van der Waals surface area contributed by atoms with Crippen LogP contribution in [-0.4, -0.2) is 41.2 Å². The van der Waals surface area contributed by atoms with Crippen molar-refractivity contribution >= 4 is 17.5 Å². The third kappa shape index (κ3) is 4.74. The Bertz CT molecular complexity index is 703. The zero-order chi connectivity index (χ0) is 19.6. The zero-order valence-corrected chi connectivity index (χ0v) is 16.9. The number of halogens is 1. The molecule has 1 saturated carbocycles. The Kier molecular flexibility index (Phi) is 6.61. The molecule has 0 unspecified atom stereocenters. The third-order valence-corrected chi connectivity index (χ3v) is 6.38. The first kappa shape index (κ1) is 20.4. The van der Waals surface area contributed by atoms with E-state index in [4.69, 9.17) is 11.6 Å². The van der Waals surface area contributed by atoms with E-state index in [1.807, 2.05) is 12.1 Å². The van der Waals surface area contributed by atoms with Crippen molar-refractivity contribution in [2.24, 2.45) is 17.8 Å². The van der Waals surface area contributed by atoms with Crippen LogP contribution in [0.25, 0.3) is 0 Å². The van der Waals surface area contributed by atoms with Crippen molar-refractivity contribution < 1.29 is 15.0 Å². The molecule has 2 aliphatic carbocycles. The van der Waals surface area contributed by atoms with Crippen molar-refractivity contribution in [3.8, 4) is 0 Å².